The largest absolute Gasteiger partial charge is 0.402 e. The Morgan fingerprint density at radius 2 is 1.91 bits per heavy atom. The Balaban J connectivity index is 2.00. The van der Waals surface area contributed by atoms with Crippen LogP contribution >= 0.6 is 0 Å². The summed E-state index contributed by atoms with van der Waals surface area (Å²) in [7, 11) is 0. The van der Waals surface area contributed by atoms with Crippen molar-refractivity contribution in [3.63, 3.8) is 0 Å². The summed E-state index contributed by atoms with van der Waals surface area (Å²) in [4.78, 5) is 15.9. The first-order valence-electron chi connectivity index (χ1n) is 6.58. The van der Waals surface area contributed by atoms with Gasteiger partial charge in [0.15, 0.2) is 5.70 Å². The van der Waals surface area contributed by atoms with Gasteiger partial charge < -0.3 is 4.74 Å². The highest BCUT2D eigenvalue weighted by molar-refractivity contribution is 6.13. The summed E-state index contributed by atoms with van der Waals surface area (Å²) < 4.78 is 31.6. The van der Waals surface area contributed by atoms with Crippen molar-refractivity contribution >= 4 is 17.9 Å². The van der Waals surface area contributed by atoms with Gasteiger partial charge in [0.1, 0.15) is 11.6 Å². The Morgan fingerprint density at radius 3 is 2.64 bits per heavy atom. The maximum absolute atomic E-state index is 13.7. The lowest BCUT2D eigenvalue weighted by Crippen LogP contribution is -2.07. The molecule has 0 bridgehead atoms. The Kier molecular flexibility index (Phi) is 3.55. The van der Waals surface area contributed by atoms with E-state index in [0.717, 1.165) is 23.3 Å². The smallest absolute Gasteiger partial charge is 0.363 e. The third-order valence-electron chi connectivity index (χ3n) is 3.26. The van der Waals surface area contributed by atoms with Crippen molar-refractivity contribution in [1.82, 2.24) is 0 Å². The quantitative estimate of drug-likeness (QED) is 0.627. The van der Waals surface area contributed by atoms with E-state index in [9.17, 15) is 13.6 Å². The molecular weight excluding hydrogens is 288 g/mol. The van der Waals surface area contributed by atoms with Crippen LogP contribution in [0.2, 0.25) is 0 Å². The standard InChI is InChI=1S/C17H11F2NO2/c1-10-4-2-3-5-11(10)8-15-17(21)22-16(20-15)13-7-6-12(18)9-14(13)19/h2-9H,1H3. The van der Waals surface area contributed by atoms with Crippen LogP contribution in [-0.2, 0) is 9.53 Å². The Bertz CT molecular complexity index is 825. The Labute approximate surface area is 125 Å². The molecule has 1 heterocycles. The molecule has 0 amide bonds. The number of esters is 1. The number of nitrogens with zero attached hydrogens (tertiary/aromatic N) is 1. The first-order chi connectivity index (χ1) is 10.5. The van der Waals surface area contributed by atoms with Gasteiger partial charge >= 0.3 is 5.97 Å². The van der Waals surface area contributed by atoms with Gasteiger partial charge in [0.25, 0.3) is 0 Å². The molecule has 0 spiro atoms. The van der Waals surface area contributed by atoms with Crippen LogP contribution in [0.15, 0.2) is 53.2 Å². The van der Waals surface area contributed by atoms with Crippen LogP contribution in [0.3, 0.4) is 0 Å². The average molecular weight is 299 g/mol. The minimum absolute atomic E-state index is 0.0528. The third-order valence-corrected chi connectivity index (χ3v) is 3.26. The molecular formula is C17H11F2NO2. The molecule has 0 N–H and O–H groups in total. The fourth-order valence-corrected chi connectivity index (χ4v) is 2.08. The van der Waals surface area contributed by atoms with Gasteiger partial charge in [-0.15, -0.1) is 0 Å². The van der Waals surface area contributed by atoms with E-state index in [4.69, 9.17) is 4.74 Å². The van der Waals surface area contributed by atoms with Crippen molar-refractivity contribution in [2.75, 3.05) is 0 Å². The Hall–Kier alpha value is -2.82. The molecule has 110 valence electrons. The number of benzene rings is 2. The first-order valence-corrected chi connectivity index (χ1v) is 6.58. The average Bonchev–Trinajstić information content (AvgIpc) is 2.82. The topological polar surface area (TPSA) is 38.7 Å². The van der Waals surface area contributed by atoms with Gasteiger partial charge in [0, 0.05) is 6.07 Å². The second-order valence-electron chi connectivity index (χ2n) is 4.82. The van der Waals surface area contributed by atoms with Crippen molar-refractivity contribution < 1.29 is 18.3 Å². The molecule has 0 unspecified atom stereocenters. The Morgan fingerprint density at radius 1 is 1.14 bits per heavy atom. The first kappa shape index (κ1) is 14.1. The number of carbonyl (C=O) groups is 1. The molecule has 1 aliphatic heterocycles. The summed E-state index contributed by atoms with van der Waals surface area (Å²) in [5, 5.41) is 0. The van der Waals surface area contributed by atoms with Crippen LogP contribution in [0.25, 0.3) is 6.08 Å². The van der Waals surface area contributed by atoms with E-state index in [2.05, 4.69) is 4.99 Å². The molecule has 3 nitrogen and oxygen atoms in total. The fourth-order valence-electron chi connectivity index (χ4n) is 2.08. The van der Waals surface area contributed by atoms with E-state index in [1.807, 2.05) is 31.2 Å². The molecule has 2 aromatic carbocycles. The van der Waals surface area contributed by atoms with Gasteiger partial charge in [0.05, 0.1) is 5.56 Å². The van der Waals surface area contributed by atoms with E-state index >= 15 is 0 Å². The molecule has 0 saturated heterocycles. The zero-order valence-electron chi connectivity index (χ0n) is 11.6. The van der Waals surface area contributed by atoms with Crippen molar-refractivity contribution in [3.8, 4) is 0 Å². The SMILES string of the molecule is Cc1ccccc1C=C1N=C(c2ccc(F)cc2F)OC1=O. The molecule has 0 aliphatic carbocycles. The lowest BCUT2D eigenvalue weighted by molar-refractivity contribution is -0.129. The number of ether oxygens (including phenoxy) is 1. The lowest BCUT2D eigenvalue weighted by atomic mass is 10.1. The van der Waals surface area contributed by atoms with Crippen LogP contribution in [0.1, 0.15) is 16.7 Å². The zero-order chi connectivity index (χ0) is 15.7. The van der Waals surface area contributed by atoms with Crippen molar-refractivity contribution in [2.24, 2.45) is 4.99 Å². The predicted octanol–water partition coefficient (Wildman–Crippen LogP) is 3.62. The number of hydrogen-bond donors (Lipinski definition) is 0. The van der Waals surface area contributed by atoms with Gasteiger partial charge in [0.2, 0.25) is 5.90 Å². The number of carbonyl (C=O) groups excluding carboxylic acids is 1. The number of aliphatic imine (C=N–C) groups is 1. The summed E-state index contributed by atoms with van der Waals surface area (Å²) in [5.41, 5.74) is 1.81. The predicted molar refractivity (Wildman–Crippen MR) is 78.1 cm³/mol. The molecule has 0 radical (unpaired) electrons. The second kappa shape index (κ2) is 5.52. The third kappa shape index (κ3) is 2.65. The normalized spacial score (nSPS) is 15.9. The summed E-state index contributed by atoms with van der Waals surface area (Å²) in [5.74, 6) is -2.37. The monoisotopic (exact) mass is 299 g/mol. The fraction of sp³-hybridized carbons (Fsp3) is 0.0588. The van der Waals surface area contributed by atoms with Gasteiger partial charge in [-0.1, -0.05) is 24.3 Å². The highest BCUT2D eigenvalue weighted by Crippen LogP contribution is 2.22. The highest BCUT2D eigenvalue weighted by atomic mass is 19.1. The number of aryl methyl sites for hydroxylation is 1. The molecule has 0 aromatic heterocycles. The van der Waals surface area contributed by atoms with Crippen LogP contribution in [0.5, 0.6) is 0 Å². The summed E-state index contributed by atoms with van der Waals surface area (Å²) >= 11 is 0. The summed E-state index contributed by atoms with van der Waals surface area (Å²) in [6, 6.07) is 10.4. The van der Waals surface area contributed by atoms with Crippen LogP contribution in [0, 0.1) is 18.6 Å². The number of hydrogen-bond acceptors (Lipinski definition) is 3. The molecule has 0 atom stereocenters. The molecule has 0 fully saturated rings. The summed E-state index contributed by atoms with van der Waals surface area (Å²) in [6.45, 7) is 1.90. The summed E-state index contributed by atoms with van der Waals surface area (Å²) in [6.07, 6.45) is 1.58. The molecule has 1 aliphatic rings. The second-order valence-corrected chi connectivity index (χ2v) is 4.82. The van der Waals surface area contributed by atoms with Crippen LogP contribution < -0.4 is 0 Å². The molecule has 2 aromatic rings. The van der Waals surface area contributed by atoms with E-state index in [1.54, 1.807) is 6.08 Å². The minimum Gasteiger partial charge on any atom is -0.402 e. The molecule has 5 heteroatoms. The highest BCUT2D eigenvalue weighted by Gasteiger charge is 2.26. The van der Waals surface area contributed by atoms with Gasteiger partial charge in [-0.3, -0.25) is 0 Å². The maximum Gasteiger partial charge on any atom is 0.363 e. The zero-order valence-corrected chi connectivity index (χ0v) is 11.6. The van der Waals surface area contributed by atoms with Crippen molar-refractivity contribution in [2.45, 2.75) is 6.92 Å². The van der Waals surface area contributed by atoms with E-state index in [1.165, 1.54) is 6.07 Å². The number of rotatable bonds is 2. The minimum atomic E-state index is -0.830. The molecule has 22 heavy (non-hydrogen) atoms. The van der Waals surface area contributed by atoms with Crippen LogP contribution in [-0.4, -0.2) is 11.9 Å². The van der Waals surface area contributed by atoms with Crippen molar-refractivity contribution in [3.05, 3.63) is 76.5 Å². The van der Waals surface area contributed by atoms with E-state index in [0.29, 0.717) is 0 Å². The van der Waals surface area contributed by atoms with Crippen LogP contribution in [0.4, 0.5) is 8.78 Å². The number of halogens is 2. The maximum atomic E-state index is 13.7. The number of cyclic esters (lactones) is 1. The van der Waals surface area contributed by atoms with E-state index < -0.39 is 17.6 Å². The lowest BCUT2D eigenvalue weighted by Gasteiger charge is -2.00. The van der Waals surface area contributed by atoms with Crippen molar-refractivity contribution in [1.29, 1.82) is 0 Å². The van der Waals surface area contributed by atoms with Gasteiger partial charge in [-0.05, 0) is 36.3 Å². The van der Waals surface area contributed by atoms with Gasteiger partial charge in [-0.25, -0.2) is 18.6 Å². The van der Waals surface area contributed by atoms with Gasteiger partial charge in [-0.2, -0.15) is 0 Å². The molecule has 0 saturated carbocycles. The molecule has 3 rings (SSSR count). The van der Waals surface area contributed by atoms with E-state index in [-0.39, 0.29) is 17.2 Å².